The SMILES string of the molecule is C=CC(C)(C)CCN(C(=O)OC(C)(C)C)[C@H]1COc2cccc(C)c2-c2c(C3CCCCC3)c3ccc(C(=O)O)cc3n2C1. The van der Waals surface area contributed by atoms with Crippen molar-refractivity contribution >= 4 is 23.0 Å². The first-order valence-corrected chi connectivity index (χ1v) is 16.0. The number of aromatic carboxylic acids is 1. The van der Waals surface area contributed by atoms with Crippen molar-refractivity contribution in [3.63, 3.8) is 0 Å². The van der Waals surface area contributed by atoms with E-state index in [0.29, 0.717) is 25.4 Å². The van der Waals surface area contributed by atoms with E-state index >= 15 is 0 Å². The Labute approximate surface area is 261 Å². The number of fused-ring (bicyclic) bond motifs is 5. The molecule has 7 nitrogen and oxygen atoms in total. The van der Waals surface area contributed by atoms with Crippen LogP contribution in [0.2, 0.25) is 0 Å². The van der Waals surface area contributed by atoms with Gasteiger partial charge in [0.1, 0.15) is 18.0 Å². The van der Waals surface area contributed by atoms with E-state index in [2.05, 4.69) is 38.0 Å². The van der Waals surface area contributed by atoms with Gasteiger partial charge in [0.2, 0.25) is 0 Å². The van der Waals surface area contributed by atoms with E-state index in [1.165, 1.54) is 24.8 Å². The van der Waals surface area contributed by atoms with Gasteiger partial charge in [0, 0.05) is 29.6 Å². The minimum absolute atomic E-state index is 0.178. The van der Waals surface area contributed by atoms with Crippen LogP contribution in [-0.4, -0.2) is 51.4 Å². The van der Waals surface area contributed by atoms with Crippen LogP contribution >= 0.6 is 0 Å². The number of amides is 1. The number of aryl methyl sites for hydroxylation is 1. The van der Waals surface area contributed by atoms with Gasteiger partial charge in [-0.25, -0.2) is 9.59 Å². The van der Waals surface area contributed by atoms with E-state index in [1.807, 2.05) is 56.0 Å². The molecule has 0 saturated heterocycles. The molecule has 1 fully saturated rings. The number of nitrogens with zero attached hydrogens (tertiary/aromatic N) is 2. The van der Waals surface area contributed by atoms with Crippen LogP contribution in [0.4, 0.5) is 4.79 Å². The Bertz CT molecular complexity index is 1550. The highest BCUT2D eigenvalue weighted by atomic mass is 16.6. The molecule has 1 saturated carbocycles. The van der Waals surface area contributed by atoms with Crippen LogP contribution in [0.15, 0.2) is 49.1 Å². The molecule has 7 heteroatoms. The summed E-state index contributed by atoms with van der Waals surface area (Å²) in [4.78, 5) is 27.9. The molecule has 5 rings (SSSR count). The number of rotatable bonds is 7. The summed E-state index contributed by atoms with van der Waals surface area (Å²) in [5, 5.41) is 11.1. The van der Waals surface area contributed by atoms with Gasteiger partial charge in [-0.1, -0.05) is 57.4 Å². The predicted octanol–water partition coefficient (Wildman–Crippen LogP) is 8.96. The molecule has 0 spiro atoms. The van der Waals surface area contributed by atoms with Gasteiger partial charge < -0.3 is 19.1 Å². The largest absolute Gasteiger partial charge is 0.491 e. The number of hydrogen-bond donors (Lipinski definition) is 1. The fraction of sp³-hybridized carbons (Fsp3) is 0.514. The summed E-state index contributed by atoms with van der Waals surface area (Å²) < 4.78 is 14.9. The number of carboxylic acid groups (broad SMARTS) is 1. The standard InChI is InChI=1S/C37H48N2O5/c1-8-37(6,7)19-20-38(35(42)44-36(3,4)5)27-22-39-29-21-26(34(40)41)17-18-28(29)32(25-14-10-9-11-15-25)33(39)31-24(2)13-12-16-30(31)43-23-27/h8,12-13,16-18,21,25,27H,1,9-11,14-15,19-20,22-23H2,2-7H3,(H,40,41)/t27-/m1/s1. The Balaban J connectivity index is 1.74. The first-order chi connectivity index (χ1) is 20.8. The summed E-state index contributed by atoms with van der Waals surface area (Å²) in [7, 11) is 0. The Hall–Kier alpha value is -3.74. The zero-order chi connectivity index (χ0) is 31.8. The fourth-order valence-corrected chi connectivity index (χ4v) is 6.73. The molecule has 236 valence electrons. The normalized spacial score (nSPS) is 17.5. The van der Waals surface area contributed by atoms with Crippen molar-refractivity contribution in [3.8, 4) is 17.0 Å². The van der Waals surface area contributed by atoms with Crippen molar-refractivity contribution in [2.75, 3.05) is 13.2 Å². The molecule has 2 aliphatic rings. The molecule has 1 aliphatic carbocycles. The van der Waals surface area contributed by atoms with Gasteiger partial charge in [-0.05, 0) is 87.6 Å². The second kappa shape index (κ2) is 12.3. The molecule has 0 unspecified atom stereocenters. The molecule has 1 aromatic heterocycles. The molecule has 44 heavy (non-hydrogen) atoms. The number of aromatic nitrogens is 1. The number of carbonyl (C=O) groups excluding carboxylic acids is 1. The van der Waals surface area contributed by atoms with E-state index in [4.69, 9.17) is 9.47 Å². The summed E-state index contributed by atoms with van der Waals surface area (Å²) in [6.45, 7) is 17.2. The van der Waals surface area contributed by atoms with E-state index in [-0.39, 0.29) is 29.7 Å². The van der Waals surface area contributed by atoms with Crippen LogP contribution in [0, 0.1) is 12.3 Å². The van der Waals surface area contributed by atoms with E-state index in [0.717, 1.165) is 46.3 Å². The summed E-state index contributed by atoms with van der Waals surface area (Å²) in [6, 6.07) is 11.3. The maximum Gasteiger partial charge on any atom is 0.410 e. The molecule has 0 bridgehead atoms. The Kier molecular flexibility index (Phi) is 8.88. The van der Waals surface area contributed by atoms with E-state index < -0.39 is 11.6 Å². The fourth-order valence-electron chi connectivity index (χ4n) is 6.73. The Morgan fingerprint density at radius 1 is 1.11 bits per heavy atom. The second-order valence-electron chi connectivity index (χ2n) is 14.3. The second-order valence-corrected chi connectivity index (χ2v) is 14.3. The van der Waals surface area contributed by atoms with Crippen molar-refractivity contribution < 1.29 is 24.2 Å². The predicted molar refractivity (Wildman–Crippen MR) is 176 cm³/mol. The molecule has 2 heterocycles. The molecule has 0 radical (unpaired) electrons. The van der Waals surface area contributed by atoms with Gasteiger partial charge in [0.05, 0.1) is 17.3 Å². The highest BCUT2D eigenvalue weighted by Crippen LogP contribution is 2.48. The first-order valence-electron chi connectivity index (χ1n) is 16.0. The monoisotopic (exact) mass is 600 g/mol. The van der Waals surface area contributed by atoms with Crippen LogP contribution in [-0.2, 0) is 11.3 Å². The molecule has 1 aliphatic heterocycles. The van der Waals surface area contributed by atoms with Gasteiger partial charge in [0.25, 0.3) is 0 Å². The molecule has 3 aromatic rings. The number of ether oxygens (including phenoxy) is 2. The van der Waals surface area contributed by atoms with Gasteiger partial charge in [-0.3, -0.25) is 4.90 Å². The highest BCUT2D eigenvalue weighted by Gasteiger charge is 2.36. The molecular weight excluding hydrogens is 552 g/mol. The van der Waals surface area contributed by atoms with Crippen molar-refractivity contribution in [2.45, 2.75) is 104 Å². The van der Waals surface area contributed by atoms with Crippen LogP contribution in [0.5, 0.6) is 5.75 Å². The summed E-state index contributed by atoms with van der Waals surface area (Å²) in [5.41, 5.74) is 4.82. The lowest BCUT2D eigenvalue weighted by Gasteiger charge is -2.37. The van der Waals surface area contributed by atoms with Crippen LogP contribution in [0.1, 0.15) is 101 Å². The lowest BCUT2D eigenvalue weighted by atomic mass is 9.81. The minimum atomic E-state index is -0.953. The van der Waals surface area contributed by atoms with Gasteiger partial charge >= 0.3 is 12.1 Å². The van der Waals surface area contributed by atoms with Crippen molar-refractivity contribution in [2.24, 2.45) is 5.41 Å². The Morgan fingerprint density at radius 2 is 1.84 bits per heavy atom. The van der Waals surface area contributed by atoms with Gasteiger partial charge in [0.15, 0.2) is 0 Å². The maximum atomic E-state index is 13.9. The molecule has 1 atom stereocenters. The third-order valence-electron chi connectivity index (χ3n) is 9.28. The zero-order valence-corrected chi connectivity index (χ0v) is 27.2. The number of benzene rings is 2. The summed E-state index contributed by atoms with van der Waals surface area (Å²) in [5.74, 6) is 0.190. The van der Waals surface area contributed by atoms with Crippen molar-refractivity contribution in [1.29, 1.82) is 0 Å². The number of carboxylic acids is 1. The number of carbonyl (C=O) groups is 2. The maximum absolute atomic E-state index is 13.9. The summed E-state index contributed by atoms with van der Waals surface area (Å²) >= 11 is 0. The number of hydrogen-bond acceptors (Lipinski definition) is 4. The quantitative estimate of drug-likeness (QED) is 0.274. The third kappa shape index (κ3) is 6.52. The van der Waals surface area contributed by atoms with E-state index in [9.17, 15) is 14.7 Å². The molecule has 1 N–H and O–H groups in total. The van der Waals surface area contributed by atoms with Crippen LogP contribution < -0.4 is 4.74 Å². The molecule has 1 amide bonds. The molecular formula is C37H48N2O5. The highest BCUT2D eigenvalue weighted by molar-refractivity contribution is 5.99. The zero-order valence-electron chi connectivity index (χ0n) is 27.2. The topological polar surface area (TPSA) is 81.0 Å². The lowest BCUT2D eigenvalue weighted by Crippen LogP contribution is -2.49. The average molecular weight is 601 g/mol. The van der Waals surface area contributed by atoms with E-state index in [1.54, 1.807) is 6.07 Å². The van der Waals surface area contributed by atoms with Crippen LogP contribution in [0.3, 0.4) is 0 Å². The van der Waals surface area contributed by atoms with Crippen molar-refractivity contribution in [1.82, 2.24) is 9.47 Å². The lowest BCUT2D eigenvalue weighted by molar-refractivity contribution is 0.00665. The first kappa shape index (κ1) is 31.7. The van der Waals surface area contributed by atoms with Crippen LogP contribution in [0.25, 0.3) is 22.2 Å². The third-order valence-corrected chi connectivity index (χ3v) is 9.28. The van der Waals surface area contributed by atoms with Gasteiger partial charge in [-0.2, -0.15) is 0 Å². The number of allylic oxidation sites excluding steroid dienone is 1. The average Bonchev–Trinajstić information content (AvgIpc) is 3.26. The van der Waals surface area contributed by atoms with Gasteiger partial charge in [-0.15, -0.1) is 6.58 Å². The molecule has 2 aromatic carbocycles. The van der Waals surface area contributed by atoms with Crippen molar-refractivity contribution in [3.05, 3.63) is 65.7 Å². The minimum Gasteiger partial charge on any atom is -0.491 e. The summed E-state index contributed by atoms with van der Waals surface area (Å²) in [6.07, 6.45) is 8.03. The smallest absolute Gasteiger partial charge is 0.410 e. The Morgan fingerprint density at radius 3 is 2.50 bits per heavy atom.